The summed E-state index contributed by atoms with van der Waals surface area (Å²) in [6, 6.07) is 13.8. The van der Waals surface area contributed by atoms with Crippen LogP contribution in [0.5, 0.6) is 0 Å². The minimum absolute atomic E-state index is 0.0352. The number of para-hydroxylation sites is 1. The van der Waals surface area contributed by atoms with Gasteiger partial charge in [-0.25, -0.2) is 0 Å². The highest BCUT2D eigenvalue weighted by Gasteiger charge is 2.28. The quantitative estimate of drug-likeness (QED) is 0.731. The molecule has 1 aromatic carbocycles. The molecule has 3 aromatic rings. The van der Waals surface area contributed by atoms with Crippen LogP contribution in [0.4, 0.5) is 0 Å². The standard InChI is InChI=1S/C20H21N5O/c1-15-9-10-16(12-21-15)20(26)24-11-5-6-17(13-24)19-23-22-14-25(19)18-7-3-2-4-8-18/h2-4,7-10,12,14,17H,5-6,11,13H2,1H3. The van der Waals surface area contributed by atoms with Gasteiger partial charge in [0.1, 0.15) is 12.2 Å². The van der Waals surface area contributed by atoms with Crippen LogP contribution in [0, 0.1) is 6.92 Å². The van der Waals surface area contributed by atoms with E-state index in [9.17, 15) is 4.79 Å². The molecule has 1 saturated heterocycles. The summed E-state index contributed by atoms with van der Waals surface area (Å²) in [7, 11) is 0. The Balaban J connectivity index is 1.55. The second kappa shape index (κ2) is 7.07. The fourth-order valence-corrected chi connectivity index (χ4v) is 3.46. The van der Waals surface area contributed by atoms with E-state index in [1.807, 2.05) is 58.9 Å². The molecule has 1 aliphatic heterocycles. The van der Waals surface area contributed by atoms with Crippen molar-refractivity contribution in [3.05, 3.63) is 72.1 Å². The maximum absolute atomic E-state index is 12.8. The fraction of sp³-hybridized carbons (Fsp3) is 0.300. The maximum Gasteiger partial charge on any atom is 0.255 e. The first-order chi connectivity index (χ1) is 12.7. The van der Waals surface area contributed by atoms with Gasteiger partial charge in [0.15, 0.2) is 0 Å². The number of hydrogen-bond donors (Lipinski definition) is 0. The van der Waals surface area contributed by atoms with Gasteiger partial charge in [-0.05, 0) is 44.0 Å². The summed E-state index contributed by atoms with van der Waals surface area (Å²) in [4.78, 5) is 19.0. The van der Waals surface area contributed by atoms with E-state index < -0.39 is 0 Å². The van der Waals surface area contributed by atoms with E-state index in [4.69, 9.17) is 0 Å². The molecule has 0 aliphatic carbocycles. The van der Waals surface area contributed by atoms with Crippen molar-refractivity contribution in [1.82, 2.24) is 24.6 Å². The molecule has 132 valence electrons. The van der Waals surface area contributed by atoms with Gasteiger partial charge in [0.25, 0.3) is 5.91 Å². The van der Waals surface area contributed by atoms with Gasteiger partial charge in [0.05, 0.1) is 5.56 Å². The Labute approximate surface area is 152 Å². The Morgan fingerprint density at radius 3 is 2.77 bits per heavy atom. The number of likely N-dealkylation sites (tertiary alicyclic amines) is 1. The first kappa shape index (κ1) is 16.4. The van der Waals surface area contributed by atoms with Crippen molar-refractivity contribution in [3.63, 3.8) is 0 Å². The summed E-state index contributed by atoms with van der Waals surface area (Å²) in [6.07, 6.45) is 5.36. The molecule has 4 rings (SSSR count). The Hall–Kier alpha value is -3.02. The number of benzene rings is 1. The van der Waals surface area contributed by atoms with Crippen molar-refractivity contribution < 1.29 is 4.79 Å². The molecule has 3 heterocycles. The van der Waals surface area contributed by atoms with Crippen LogP contribution in [-0.4, -0.2) is 43.6 Å². The molecule has 1 fully saturated rings. The lowest BCUT2D eigenvalue weighted by molar-refractivity contribution is 0.0703. The Bertz CT molecular complexity index is 888. The van der Waals surface area contributed by atoms with Gasteiger partial charge in [-0.1, -0.05) is 18.2 Å². The van der Waals surface area contributed by atoms with E-state index in [2.05, 4.69) is 15.2 Å². The normalized spacial score (nSPS) is 17.3. The molecule has 6 heteroatoms. The molecule has 1 amide bonds. The van der Waals surface area contributed by atoms with Crippen LogP contribution < -0.4 is 0 Å². The first-order valence-corrected chi connectivity index (χ1v) is 8.89. The van der Waals surface area contributed by atoms with Gasteiger partial charge in [-0.15, -0.1) is 10.2 Å². The SMILES string of the molecule is Cc1ccc(C(=O)N2CCCC(c3nncn3-c3ccccc3)C2)cn1. The predicted octanol–water partition coefficient (Wildman–Crippen LogP) is 2.99. The van der Waals surface area contributed by atoms with Crippen LogP contribution in [0.15, 0.2) is 55.0 Å². The highest BCUT2D eigenvalue weighted by atomic mass is 16.2. The number of nitrogens with zero attached hydrogens (tertiary/aromatic N) is 5. The zero-order valence-corrected chi connectivity index (χ0v) is 14.7. The van der Waals surface area contributed by atoms with Crippen molar-refractivity contribution in [3.8, 4) is 5.69 Å². The smallest absolute Gasteiger partial charge is 0.255 e. The summed E-state index contributed by atoms with van der Waals surface area (Å²) in [5, 5.41) is 8.47. The van der Waals surface area contributed by atoms with Gasteiger partial charge in [-0.2, -0.15) is 0 Å². The summed E-state index contributed by atoms with van der Waals surface area (Å²) in [6.45, 7) is 3.34. The van der Waals surface area contributed by atoms with Gasteiger partial charge in [0.2, 0.25) is 0 Å². The van der Waals surface area contributed by atoms with Crippen LogP contribution >= 0.6 is 0 Å². The molecular formula is C20H21N5O. The third-order valence-corrected chi connectivity index (χ3v) is 4.84. The number of aromatic nitrogens is 4. The highest BCUT2D eigenvalue weighted by molar-refractivity contribution is 5.94. The number of pyridine rings is 1. The van der Waals surface area contributed by atoms with Gasteiger partial charge in [0, 0.05) is 36.6 Å². The fourth-order valence-electron chi connectivity index (χ4n) is 3.46. The summed E-state index contributed by atoms with van der Waals surface area (Å²) >= 11 is 0. The molecule has 0 saturated carbocycles. The third-order valence-electron chi connectivity index (χ3n) is 4.84. The number of rotatable bonds is 3. The molecule has 1 atom stereocenters. The van der Waals surface area contributed by atoms with Gasteiger partial charge >= 0.3 is 0 Å². The average Bonchev–Trinajstić information content (AvgIpc) is 3.19. The molecule has 1 aliphatic rings. The Kier molecular flexibility index (Phi) is 4.48. The molecule has 0 spiro atoms. The zero-order valence-electron chi connectivity index (χ0n) is 14.7. The summed E-state index contributed by atoms with van der Waals surface area (Å²) < 4.78 is 2.02. The van der Waals surface area contributed by atoms with E-state index in [1.165, 1.54) is 0 Å². The van der Waals surface area contributed by atoms with Crippen molar-refractivity contribution in [2.24, 2.45) is 0 Å². The lowest BCUT2D eigenvalue weighted by atomic mass is 9.96. The number of hydrogen-bond acceptors (Lipinski definition) is 4. The van der Waals surface area contributed by atoms with Crippen molar-refractivity contribution in [1.29, 1.82) is 0 Å². The summed E-state index contributed by atoms with van der Waals surface area (Å²) in [5.74, 6) is 1.12. The monoisotopic (exact) mass is 347 g/mol. The number of carbonyl (C=O) groups excluding carboxylic acids is 1. The topological polar surface area (TPSA) is 63.9 Å². The van der Waals surface area contributed by atoms with E-state index in [-0.39, 0.29) is 11.8 Å². The first-order valence-electron chi connectivity index (χ1n) is 8.89. The van der Waals surface area contributed by atoms with Crippen LogP contribution in [-0.2, 0) is 0 Å². The molecule has 1 unspecified atom stereocenters. The van der Waals surface area contributed by atoms with Crippen LogP contribution in [0.2, 0.25) is 0 Å². The average molecular weight is 347 g/mol. The van der Waals surface area contributed by atoms with Crippen LogP contribution in [0.3, 0.4) is 0 Å². The molecule has 26 heavy (non-hydrogen) atoms. The number of aryl methyl sites for hydroxylation is 1. The Morgan fingerprint density at radius 1 is 1.15 bits per heavy atom. The molecule has 0 bridgehead atoms. The zero-order chi connectivity index (χ0) is 17.9. The minimum atomic E-state index is 0.0352. The van der Waals surface area contributed by atoms with Crippen LogP contribution in [0.1, 0.15) is 40.6 Å². The number of piperidine rings is 1. The Morgan fingerprint density at radius 2 is 2.00 bits per heavy atom. The van der Waals surface area contributed by atoms with Gasteiger partial charge < -0.3 is 4.90 Å². The van der Waals surface area contributed by atoms with Crippen molar-refractivity contribution in [2.75, 3.05) is 13.1 Å². The largest absolute Gasteiger partial charge is 0.338 e. The second-order valence-electron chi connectivity index (χ2n) is 6.67. The predicted molar refractivity (Wildman–Crippen MR) is 98.2 cm³/mol. The third kappa shape index (κ3) is 3.22. The van der Waals surface area contributed by atoms with E-state index in [0.717, 1.165) is 36.6 Å². The molecular weight excluding hydrogens is 326 g/mol. The highest BCUT2D eigenvalue weighted by Crippen LogP contribution is 2.27. The minimum Gasteiger partial charge on any atom is -0.338 e. The lowest BCUT2D eigenvalue weighted by Gasteiger charge is -2.32. The lowest BCUT2D eigenvalue weighted by Crippen LogP contribution is -2.39. The maximum atomic E-state index is 12.8. The van der Waals surface area contributed by atoms with E-state index in [0.29, 0.717) is 12.1 Å². The van der Waals surface area contributed by atoms with Crippen molar-refractivity contribution >= 4 is 5.91 Å². The summed E-state index contributed by atoms with van der Waals surface area (Å²) in [5.41, 5.74) is 2.59. The van der Waals surface area contributed by atoms with E-state index >= 15 is 0 Å². The number of carbonyl (C=O) groups is 1. The van der Waals surface area contributed by atoms with Crippen LogP contribution in [0.25, 0.3) is 5.69 Å². The molecule has 0 radical (unpaired) electrons. The number of amides is 1. The molecule has 0 N–H and O–H groups in total. The molecule has 2 aromatic heterocycles. The van der Waals surface area contributed by atoms with Crippen molar-refractivity contribution in [2.45, 2.75) is 25.7 Å². The van der Waals surface area contributed by atoms with Gasteiger partial charge in [-0.3, -0.25) is 14.3 Å². The molecule has 6 nitrogen and oxygen atoms in total. The van der Waals surface area contributed by atoms with E-state index in [1.54, 1.807) is 12.5 Å². The second-order valence-corrected chi connectivity index (χ2v) is 6.67.